The van der Waals surface area contributed by atoms with E-state index in [-0.39, 0.29) is 0 Å². The predicted molar refractivity (Wildman–Crippen MR) is 45.6 cm³/mol. The molecule has 1 aliphatic rings. The Bertz CT molecular complexity index is 99.2. The summed E-state index contributed by atoms with van der Waals surface area (Å²) in [4.78, 5) is 0. The van der Waals surface area contributed by atoms with E-state index in [0.29, 0.717) is 5.92 Å². The van der Waals surface area contributed by atoms with Gasteiger partial charge in [0.25, 0.3) is 0 Å². The molecule has 0 heteroatoms. The van der Waals surface area contributed by atoms with Gasteiger partial charge in [-0.2, -0.15) is 0 Å². The molecular formula is C10H17. The molecule has 0 fully saturated rings. The lowest BCUT2D eigenvalue weighted by atomic mass is 9.93. The summed E-state index contributed by atoms with van der Waals surface area (Å²) in [6, 6.07) is 0. The molecule has 10 heavy (non-hydrogen) atoms. The van der Waals surface area contributed by atoms with Gasteiger partial charge in [-0.15, -0.1) is 0 Å². The topological polar surface area (TPSA) is 0 Å². The molecule has 0 aromatic heterocycles. The Morgan fingerprint density at radius 2 is 1.90 bits per heavy atom. The zero-order chi connectivity index (χ0) is 7.40. The zero-order valence-electron chi connectivity index (χ0n) is 6.84. The maximum Gasteiger partial charge on any atom is -0.0233 e. The molecule has 1 radical (unpaired) electrons. The van der Waals surface area contributed by atoms with Gasteiger partial charge in [-0.3, -0.25) is 0 Å². The second kappa shape index (κ2) is 3.80. The summed E-state index contributed by atoms with van der Waals surface area (Å²) in [7, 11) is 0. The summed E-state index contributed by atoms with van der Waals surface area (Å²) in [5.41, 5.74) is 0. The summed E-state index contributed by atoms with van der Waals surface area (Å²) in [6.45, 7) is 6.33. The molecule has 0 amide bonds. The fourth-order valence-electron chi connectivity index (χ4n) is 1.41. The average molecular weight is 137 g/mol. The Morgan fingerprint density at radius 3 is 2.70 bits per heavy atom. The monoisotopic (exact) mass is 137 g/mol. The highest BCUT2D eigenvalue weighted by molar-refractivity contribution is 4.94. The molecule has 1 rings (SSSR count). The van der Waals surface area contributed by atoms with Crippen LogP contribution < -0.4 is 0 Å². The first-order chi connectivity index (χ1) is 4.79. The highest BCUT2D eigenvalue weighted by Crippen LogP contribution is 2.19. The molecule has 2 atom stereocenters. The Labute approximate surface area is 64.3 Å². The van der Waals surface area contributed by atoms with Crippen LogP contribution in [0.4, 0.5) is 0 Å². The van der Waals surface area contributed by atoms with Crippen molar-refractivity contribution in [1.29, 1.82) is 0 Å². The number of rotatable bonds is 0. The minimum absolute atomic E-state index is 0.572. The van der Waals surface area contributed by atoms with Crippen molar-refractivity contribution in [3.63, 3.8) is 0 Å². The average Bonchev–Trinajstić information content (AvgIpc) is 1.90. The quantitative estimate of drug-likeness (QED) is 0.450. The highest BCUT2D eigenvalue weighted by Gasteiger charge is 2.04. The van der Waals surface area contributed by atoms with E-state index in [1.54, 1.807) is 0 Å². The zero-order valence-corrected chi connectivity index (χ0v) is 6.84. The molecule has 0 heterocycles. The Morgan fingerprint density at radius 1 is 1.20 bits per heavy atom. The van der Waals surface area contributed by atoms with Crippen LogP contribution in [0.5, 0.6) is 0 Å². The van der Waals surface area contributed by atoms with Crippen molar-refractivity contribution < 1.29 is 0 Å². The van der Waals surface area contributed by atoms with Crippen LogP contribution in [0, 0.1) is 18.8 Å². The van der Waals surface area contributed by atoms with E-state index in [1.807, 2.05) is 0 Å². The molecular weight excluding hydrogens is 120 g/mol. The lowest BCUT2D eigenvalue weighted by Crippen LogP contribution is -1.98. The normalized spacial score (nSPS) is 35.0. The molecule has 0 aromatic rings. The first kappa shape index (κ1) is 7.84. The van der Waals surface area contributed by atoms with Gasteiger partial charge in [0.15, 0.2) is 0 Å². The minimum Gasteiger partial charge on any atom is -0.0854 e. The fraction of sp³-hybridized carbons (Fsp3) is 0.700. The molecule has 0 nitrogen and oxygen atoms in total. The van der Waals surface area contributed by atoms with E-state index in [2.05, 4.69) is 26.0 Å². The molecule has 57 valence electrons. The van der Waals surface area contributed by atoms with Gasteiger partial charge in [0.2, 0.25) is 0 Å². The van der Waals surface area contributed by atoms with Gasteiger partial charge >= 0.3 is 0 Å². The van der Waals surface area contributed by atoms with Crippen molar-refractivity contribution in [1.82, 2.24) is 0 Å². The molecule has 0 N–H and O–H groups in total. The van der Waals surface area contributed by atoms with Gasteiger partial charge in [-0.05, 0) is 31.6 Å². The molecule has 0 saturated heterocycles. The maximum atomic E-state index is 4.05. The highest BCUT2D eigenvalue weighted by atomic mass is 14.1. The summed E-state index contributed by atoms with van der Waals surface area (Å²) in [5.74, 6) is 1.35. The number of hydrogen-bond donors (Lipinski definition) is 0. The van der Waals surface area contributed by atoms with Gasteiger partial charge < -0.3 is 0 Å². The smallest absolute Gasteiger partial charge is 0.0233 e. The molecule has 1 aliphatic carbocycles. The SMILES string of the molecule is [CH2]C1C=CC(C)CCCC1. The first-order valence-electron chi connectivity index (χ1n) is 4.30. The van der Waals surface area contributed by atoms with Crippen LogP contribution in [0.2, 0.25) is 0 Å². The Hall–Kier alpha value is -0.260. The van der Waals surface area contributed by atoms with Gasteiger partial charge in [-0.25, -0.2) is 0 Å². The molecule has 0 aliphatic heterocycles. The summed E-state index contributed by atoms with van der Waals surface area (Å²) in [5, 5.41) is 0. The molecule has 0 saturated carbocycles. The second-order valence-corrected chi connectivity index (χ2v) is 3.41. The van der Waals surface area contributed by atoms with E-state index in [4.69, 9.17) is 0 Å². The predicted octanol–water partition coefficient (Wildman–Crippen LogP) is 3.20. The van der Waals surface area contributed by atoms with Crippen LogP contribution in [-0.4, -0.2) is 0 Å². The van der Waals surface area contributed by atoms with Gasteiger partial charge in [0.1, 0.15) is 0 Å². The van der Waals surface area contributed by atoms with Gasteiger partial charge in [0, 0.05) is 0 Å². The van der Waals surface area contributed by atoms with Crippen molar-refractivity contribution >= 4 is 0 Å². The first-order valence-corrected chi connectivity index (χ1v) is 4.30. The standard InChI is InChI=1S/C10H17/c1-9-5-3-4-6-10(2)8-7-9/h7-10H,1,3-6H2,2H3. The third-order valence-corrected chi connectivity index (χ3v) is 2.20. The molecule has 2 unspecified atom stereocenters. The molecule has 0 spiro atoms. The van der Waals surface area contributed by atoms with E-state index in [1.165, 1.54) is 25.7 Å². The van der Waals surface area contributed by atoms with Crippen molar-refractivity contribution in [3.05, 3.63) is 19.1 Å². The second-order valence-electron chi connectivity index (χ2n) is 3.41. The summed E-state index contributed by atoms with van der Waals surface area (Å²) >= 11 is 0. The van der Waals surface area contributed by atoms with Crippen molar-refractivity contribution in [3.8, 4) is 0 Å². The lowest BCUT2D eigenvalue weighted by molar-refractivity contribution is 0.520. The van der Waals surface area contributed by atoms with Crippen molar-refractivity contribution in [2.45, 2.75) is 32.6 Å². The molecule has 0 aromatic carbocycles. The van der Waals surface area contributed by atoms with Crippen LogP contribution in [0.25, 0.3) is 0 Å². The van der Waals surface area contributed by atoms with Crippen LogP contribution in [0.15, 0.2) is 12.2 Å². The van der Waals surface area contributed by atoms with E-state index in [9.17, 15) is 0 Å². The Kier molecular flexibility index (Phi) is 2.98. The largest absolute Gasteiger partial charge is 0.0854 e. The van der Waals surface area contributed by atoms with Crippen molar-refractivity contribution in [2.75, 3.05) is 0 Å². The van der Waals surface area contributed by atoms with Crippen LogP contribution >= 0.6 is 0 Å². The fourth-order valence-corrected chi connectivity index (χ4v) is 1.41. The summed E-state index contributed by atoms with van der Waals surface area (Å²) < 4.78 is 0. The van der Waals surface area contributed by atoms with E-state index >= 15 is 0 Å². The van der Waals surface area contributed by atoms with Gasteiger partial charge in [0.05, 0.1) is 0 Å². The summed E-state index contributed by atoms with van der Waals surface area (Å²) in [6.07, 6.45) is 9.98. The third kappa shape index (κ3) is 2.55. The number of hydrogen-bond acceptors (Lipinski definition) is 0. The molecule has 0 bridgehead atoms. The van der Waals surface area contributed by atoms with E-state index < -0.39 is 0 Å². The van der Waals surface area contributed by atoms with Crippen LogP contribution in [0.1, 0.15) is 32.6 Å². The Balaban J connectivity index is 2.42. The van der Waals surface area contributed by atoms with E-state index in [0.717, 1.165) is 5.92 Å². The van der Waals surface area contributed by atoms with Crippen LogP contribution in [0.3, 0.4) is 0 Å². The van der Waals surface area contributed by atoms with Crippen LogP contribution in [-0.2, 0) is 0 Å². The maximum absolute atomic E-state index is 4.05. The number of allylic oxidation sites excluding steroid dienone is 2. The lowest BCUT2D eigenvalue weighted by Gasteiger charge is -2.13. The third-order valence-electron chi connectivity index (χ3n) is 2.20. The van der Waals surface area contributed by atoms with Gasteiger partial charge in [-0.1, -0.05) is 31.9 Å². The minimum atomic E-state index is 0.572. The van der Waals surface area contributed by atoms with Crippen molar-refractivity contribution in [2.24, 2.45) is 11.8 Å².